The molecule has 1 aromatic heterocycles. The maximum Gasteiger partial charge on any atom is 0.304 e. The van der Waals surface area contributed by atoms with E-state index in [0.717, 1.165) is 11.3 Å². The highest BCUT2D eigenvalue weighted by molar-refractivity contribution is 7.89. The molecule has 4 N–H and O–H groups in total. The monoisotopic (exact) mass is 333 g/mol. The second-order valence-corrected chi connectivity index (χ2v) is 7.12. The summed E-state index contributed by atoms with van der Waals surface area (Å²) in [5, 5.41) is 1.65. The second kappa shape index (κ2) is 5.57. The molecule has 0 amide bonds. The Labute approximate surface area is 124 Å². The number of halogens is 1. The van der Waals surface area contributed by atoms with Crippen molar-refractivity contribution in [3.05, 3.63) is 43.5 Å². The summed E-state index contributed by atoms with van der Waals surface area (Å²) in [5.74, 6) is 0. The fraction of sp³-hybridized carbons (Fsp3) is 0.182. The quantitative estimate of drug-likeness (QED) is 0.736. The topological polar surface area (TPSA) is 105 Å². The lowest BCUT2D eigenvalue weighted by Gasteiger charge is -2.10. The Balaban J connectivity index is 2.26. The van der Waals surface area contributed by atoms with Gasteiger partial charge in [-0.25, -0.2) is 13.1 Å². The summed E-state index contributed by atoms with van der Waals surface area (Å²) in [6.07, 6.45) is 0. The molecule has 108 valence electrons. The Morgan fingerprint density at radius 2 is 2.15 bits per heavy atom. The van der Waals surface area contributed by atoms with Gasteiger partial charge in [-0.1, -0.05) is 22.9 Å². The van der Waals surface area contributed by atoms with E-state index >= 15 is 0 Å². The number of hydrogen-bond donors (Lipinski definition) is 3. The van der Waals surface area contributed by atoms with Gasteiger partial charge in [-0.3, -0.25) is 4.79 Å². The van der Waals surface area contributed by atoms with Crippen LogP contribution in [0.15, 0.2) is 27.2 Å². The Bertz CT molecular complexity index is 795. The lowest BCUT2D eigenvalue weighted by Crippen LogP contribution is -2.24. The molecule has 1 heterocycles. The smallest absolute Gasteiger partial charge is 0.304 e. The van der Waals surface area contributed by atoms with Gasteiger partial charge < -0.3 is 10.7 Å². The fourth-order valence-electron chi connectivity index (χ4n) is 1.53. The number of thiazole rings is 1. The molecule has 2 aromatic rings. The van der Waals surface area contributed by atoms with Crippen LogP contribution in [0.25, 0.3) is 0 Å². The van der Waals surface area contributed by atoms with Gasteiger partial charge in [0.1, 0.15) is 4.90 Å². The average molecular weight is 334 g/mol. The molecule has 9 heteroatoms. The second-order valence-electron chi connectivity index (χ2n) is 4.14. The summed E-state index contributed by atoms with van der Waals surface area (Å²) in [7, 11) is -3.80. The van der Waals surface area contributed by atoms with Crippen LogP contribution >= 0.6 is 22.9 Å². The standard InChI is InChI=1S/C11H12ClN3O3S2/c1-6-2-8(12)10(3-9(6)13)20(17,18)14-4-7-5-19-11(16)15-7/h2-3,5,14H,4,13H2,1H3,(H,15,16). The largest absolute Gasteiger partial charge is 0.398 e. The summed E-state index contributed by atoms with van der Waals surface area (Å²) in [6.45, 7) is 1.71. The van der Waals surface area contributed by atoms with Gasteiger partial charge in [0, 0.05) is 16.8 Å². The molecule has 0 aliphatic heterocycles. The van der Waals surface area contributed by atoms with Crippen molar-refractivity contribution >= 4 is 38.6 Å². The van der Waals surface area contributed by atoms with E-state index in [9.17, 15) is 13.2 Å². The molecule has 1 aromatic carbocycles. The number of sulfonamides is 1. The summed E-state index contributed by atoms with van der Waals surface area (Å²) in [6, 6.07) is 2.81. The number of nitrogens with one attached hydrogen (secondary N) is 2. The maximum absolute atomic E-state index is 12.2. The Kier molecular flexibility index (Phi) is 4.19. The number of nitrogens with two attached hydrogens (primary N) is 1. The first-order chi connectivity index (χ1) is 9.29. The average Bonchev–Trinajstić information content (AvgIpc) is 2.77. The van der Waals surface area contributed by atoms with Gasteiger partial charge >= 0.3 is 4.87 Å². The van der Waals surface area contributed by atoms with Gasteiger partial charge in [-0.05, 0) is 24.6 Å². The van der Waals surface area contributed by atoms with Crippen molar-refractivity contribution in [2.45, 2.75) is 18.4 Å². The van der Waals surface area contributed by atoms with Gasteiger partial charge in [0.25, 0.3) is 0 Å². The predicted octanol–water partition coefficient (Wildman–Crippen LogP) is 1.46. The summed E-state index contributed by atoms with van der Waals surface area (Å²) in [5.41, 5.74) is 7.24. The number of benzene rings is 1. The van der Waals surface area contributed by atoms with Crippen molar-refractivity contribution in [2.75, 3.05) is 5.73 Å². The molecule has 0 aliphatic rings. The zero-order valence-electron chi connectivity index (χ0n) is 10.4. The molecular weight excluding hydrogens is 322 g/mol. The number of H-pyrrole nitrogens is 1. The summed E-state index contributed by atoms with van der Waals surface area (Å²) < 4.78 is 26.7. The first-order valence-electron chi connectivity index (χ1n) is 5.51. The third kappa shape index (κ3) is 3.21. The zero-order chi connectivity index (χ0) is 14.9. The molecule has 0 unspecified atom stereocenters. The molecule has 0 spiro atoms. The number of nitrogen functional groups attached to an aromatic ring is 1. The van der Waals surface area contributed by atoms with Crippen LogP contribution in [0.3, 0.4) is 0 Å². The molecule has 0 radical (unpaired) electrons. The van der Waals surface area contributed by atoms with E-state index in [-0.39, 0.29) is 21.3 Å². The van der Waals surface area contributed by atoms with Crippen LogP contribution in [0.4, 0.5) is 5.69 Å². The van der Waals surface area contributed by atoms with Crippen molar-refractivity contribution in [3.63, 3.8) is 0 Å². The lowest BCUT2D eigenvalue weighted by molar-refractivity contribution is 0.580. The number of hydrogen-bond acceptors (Lipinski definition) is 5. The van der Waals surface area contributed by atoms with E-state index in [2.05, 4.69) is 9.71 Å². The first-order valence-corrected chi connectivity index (χ1v) is 8.25. The van der Waals surface area contributed by atoms with Crippen LogP contribution in [-0.2, 0) is 16.6 Å². The molecule has 6 nitrogen and oxygen atoms in total. The SMILES string of the molecule is Cc1cc(Cl)c(S(=O)(=O)NCc2csc(=O)[nH]2)cc1N. The van der Waals surface area contributed by atoms with Gasteiger partial charge in [-0.2, -0.15) is 0 Å². The summed E-state index contributed by atoms with van der Waals surface area (Å²) >= 11 is 6.91. The normalized spacial score (nSPS) is 11.7. The fourth-order valence-corrected chi connectivity index (χ4v) is 3.73. The molecule has 20 heavy (non-hydrogen) atoms. The van der Waals surface area contributed by atoms with Gasteiger partial charge in [-0.15, -0.1) is 0 Å². The number of anilines is 1. The summed E-state index contributed by atoms with van der Waals surface area (Å²) in [4.78, 5) is 13.2. The van der Waals surface area contributed by atoms with Crippen molar-refractivity contribution < 1.29 is 8.42 Å². The van der Waals surface area contributed by atoms with E-state index in [1.807, 2.05) is 0 Å². The highest BCUT2D eigenvalue weighted by Gasteiger charge is 2.19. The molecular formula is C11H12ClN3O3S2. The van der Waals surface area contributed by atoms with Gasteiger partial charge in [0.2, 0.25) is 10.0 Å². The molecule has 0 saturated heterocycles. The molecule has 0 fully saturated rings. The molecule has 0 aliphatic carbocycles. The van der Waals surface area contributed by atoms with E-state index in [4.69, 9.17) is 17.3 Å². The molecule has 2 rings (SSSR count). The number of aryl methyl sites for hydroxylation is 1. The third-order valence-electron chi connectivity index (χ3n) is 2.63. The predicted molar refractivity (Wildman–Crippen MR) is 79.6 cm³/mol. The van der Waals surface area contributed by atoms with Crippen molar-refractivity contribution in [1.29, 1.82) is 0 Å². The van der Waals surface area contributed by atoms with Gasteiger partial charge in [0.15, 0.2) is 0 Å². The minimum Gasteiger partial charge on any atom is -0.398 e. The zero-order valence-corrected chi connectivity index (χ0v) is 12.8. The van der Waals surface area contributed by atoms with Crippen LogP contribution in [0, 0.1) is 6.92 Å². The van der Waals surface area contributed by atoms with Crippen LogP contribution in [0.2, 0.25) is 5.02 Å². The number of rotatable bonds is 4. The Morgan fingerprint density at radius 1 is 1.45 bits per heavy atom. The number of aromatic amines is 1. The third-order valence-corrected chi connectivity index (χ3v) is 5.22. The lowest BCUT2D eigenvalue weighted by atomic mass is 10.2. The Morgan fingerprint density at radius 3 is 2.75 bits per heavy atom. The minimum absolute atomic E-state index is 0.0226. The van der Waals surface area contributed by atoms with Crippen molar-refractivity contribution in [1.82, 2.24) is 9.71 Å². The van der Waals surface area contributed by atoms with E-state index in [0.29, 0.717) is 16.9 Å². The van der Waals surface area contributed by atoms with Crippen LogP contribution in [0.1, 0.15) is 11.3 Å². The molecule has 0 saturated carbocycles. The molecule has 0 atom stereocenters. The maximum atomic E-state index is 12.2. The van der Waals surface area contributed by atoms with Crippen LogP contribution in [-0.4, -0.2) is 13.4 Å². The molecule has 0 bridgehead atoms. The van der Waals surface area contributed by atoms with Crippen molar-refractivity contribution in [2.24, 2.45) is 0 Å². The van der Waals surface area contributed by atoms with E-state index in [1.54, 1.807) is 12.3 Å². The minimum atomic E-state index is -3.80. The van der Waals surface area contributed by atoms with Crippen molar-refractivity contribution in [3.8, 4) is 0 Å². The van der Waals surface area contributed by atoms with E-state index < -0.39 is 10.0 Å². The van der Waals surface area contributed by atoms with Gasteiger partial charge in [0.05, 0.1) is 11.6 Å². The highest BCUT2D eigenvalue weighted by atomic mass is 35.5. The number of aromatic nitrogens is 1. The Hall–Kier alpha value is -1.35. The first kappa shape index (κ1) is 15.0. The van der Waals surface area contributed by atoms with E-state index in [1.165, 1.54) is 12.1 Å². The van der Waals surface area contributed by atoms with Crippen LogP contribution in [0.5, 0.6) is 0 Å². The van der Waals surface area contributed by atoms with Crippen LogP contribution < -0.4 is 15.3 Å². The highest BCUT2D eigenvalue weighted by Crippen LogP contribution is 2.26.